The highest BCUT2D eigenvalue weighted by molar-refractivity contribution is 5.48. The van der Waals surface area contributed by atoms with Crippen molar-refractivity contribution in [2.24, 2.45) is 5.41 Å². The van der Waals surface area contributed by atoms with Crippen LogP contribution >= 0.6 is 0 Å². The number of hydrogen-bond acceptors (Lipinski definition) is 4. The largest absolute Gasteiger partial charge is 0.492 e. The summed E-state index contributed by atoms with van der Waals surface area (Å²) in [5.41, 5.74) is 0.947. The van der Waals surface area contributed by atoms with E-state index in [9.17, 15) is 5.11 Å². The molecule has 0 saturated carbocycles. The van der Waals surface area contributed by atoms with E-state index in [0.29, 0.717) is 6.61 Å². The summed E-state index contributed by atoms with van der Waals surface area (Å²) in [5, 5.41) is 12.8. The maximum absolute atomic E-state index is 9.42. The van der Waals surface area contributed by atoms with Gasteiger partial charge in [0.25, 0.3) is 0 Å². The van der Waals surface area contributed by atoms with Crippen LogP contribution in [-0.4, -0.2) is 50.4 Å². The molecule has 0 aliphatic heterocycles. The molecular weight excluding hydrogens is 252 g/mol. The van der Waals surface area contributed by atoms with Crippen molar-refractivity contribution >= 4 is 5.69 Å². The van der Waals surface area contributed by atoms with Gasteiger partial charge in [-0.15, -0.1) is 0 Å². The van der Waals surface area contributed by atoms with Gasteiger partial charge in [-0.3, -0.25) is 0 Å². The van der Waals surface area contributed by atoms with E-state index in [1.54, 1.807) is 0 Å². The molecule has 0 aliphatic rings. The Hall–Kier alpha value is -1.26. The van der Waals surface area contributed by atoms with Gasteiger partial charge in [0.15, 0.2) is 0 Å². The third-order valence-electron chi connectivity index (χ3n) is 3.60. The van der Waals surface area contributed by atoms with E-state index >= 15 is 0 Å². The number of hydrogen-bond donors (Lipinski definition) is 2. The van der Waals surface area contributed by atoms with Crippen molar-refractivity contribution in [2.45, 2.75) is 20.3 Å². The normalized spacial score (nSPS) is 14.1. The Kier molecular flexibility index (Phi) is 6.82. The molecule has 1 atom stereocenters. The fourth-order valence-corrected chi connectivity index (χ4v) is 1.65. The van der Waals surface area contributed by atoms with Crippen LogP contribution in [0.15, 0.2) is 24.3 Å². The van der Waals surface area contributed by atoms with Crippen LogP contribution in [0.5, 0.6) is 5.75 Å². The summed E-state index contributed by atoms with van der Waals surface area (Å²) in [5.74, 6) is 0.874. The number of anilines is 1. The van der Waals surface area contributed by atoms with Gasteiger partial charge >= 0.3 is 0 Å². The first-order chi connectivity index (χ1) is 9.49. The Labute approximate surface area is 122 Å². The third kappa shape index (κ3) is 5.80. The van der Waals surface area contributed by atoms with Gasteiger partial charge in [-0.2, -0.15) is 0 Å². The number of nitrogens with zero attached hydrogens (tertiary/aromatic N) is 1. The molecule has 0 heterocycles. The molecule has 4 nitrogen and oxygen atoms in total. The fourth-order valence-electron chi connectivity index (χ4n) is 1.65. The smallest absolute Gasteiger partial charge is 0.121 e. The Morgan fingerprint density at radius 1 is 1.35 bits per heavy atom. The summed E-state index contributed by atoms with van der Waals surface area (Å²) in [6.45, 7) is 6.70. The summed E-state index contributed by atoms with van der Waals surface area (Å²) < 4.78 is 5.71. The van der Waals surface area contributed by atoms with Crippen molar-refractivity contribution in [3.05, 3.63) is 24.3 Å². The number of benzene rings is 1. The molecule has 20 heavy (non-hydrogen) atoms. The molecule has 1 rings (SSSR count). The van der Waals surface area contributed by atoms with Crippen LogP contribution in [0.3, 0.4) is 0 Å². The van der Waals surface area contributed by atoms with Crippen LogP contribution in [0.2, 0.25) is 0 Å². The van der Waals surface area contributed by atoms with Crippen LogP contribution in [0.1, 0.15) is 20.3 Å². The molecule has 1 aromatic carbocycles. The first-order valence-corrected chi connectivity index (χ1v) is 7.21. The van der Waals surface area contributed by atoms with E-state index in [2.05, 4.69) is 24.1 Å². The Balaban J connectivity index is 2.51. The Morgan fingerprint density at radius 3 is 2.70 bits per heavy atom. The maximum atomic E-state index is 9.42. The highest BCUT2D eigenvalue weighted by atomic mass is 16.5. The lowest BCUT2D eigenvalue weighted by Gasteiger charge is -2.26. The number of aliphatic hydroxyl groups is 1. The van der Waals surface area contributed by atoms with Crippen LogP contribution in [0.25, 0.3) is 0 Å². The SMILES string of the molecule is CCC(C)(CO)CNc1cccc(OCCN(C)C)c1. The second kappa shape index (κ2) is 8.12. The van der Waals surface area contributed by atoms with E-state index < -0.39 is 0 Å². The standard InChI is InChI=1S/C16H28N2O2/c1-5-16(2,13-19)12-17-14-7-6-8-15(11-14)20-10-9-18(3)4/h6-8,11,17,19H,5,9-10,12-13H2,1-4H3. The minimum absolute atomic E-state index is 0.0816. The molecule has 0 radical (unpaired) electrons. The predicted molar refractivity (Wildman–Crippen MR) is 84.5 cm³/mol. The average Bonchev–Trinajstić information content (AvgIpc) is 2.45. The van der Waals surface area contributed by atoms with Gasteiger partial charge < -0.3 is 20.1 Å². The van der Waals surface area contributed by atoms with Crippen LogP contribution in [-0.2, 0) is 0 Å². The molecule has 0 aromatic heterocycles. The lowest BCUT2D eigenvalue weighted by atomic mass is 9.88. The van der Waals surface area contributed by atoms with Gasteiger partial charge in [0.05, 0.1) is 6.61 Å². The summed E-state index contributed by atoms with van der Waals surface area (Å²) in [7, 11) is 4.06. The van der Waals surface area contributed by atoms with Gasteiger partial charge in [-0.25, -0.2) is 0 Å². The summed E-state index contributed by atoms with van der Waals surface area (Å²) in [6.07, 6.45) is 0.940. The highest BCUT2D eigenvalue weighted by Crippen LogP contribution is 2.23. The van der Waals surface area contributed by atoms with Crippen LogP contribution in [0, 0.1) is 5.41 Å². The highest BCUT2D eigenvalue weighted by Gasteiger charge is 2.20. The molecule has 2 N–H and O–H groups in total. The van der Waals surface area contributed by atoms with Gasteiger partial charge in [-0.05, 0) is 32.6 Å². The fraction of sp³-hybridized carbons (Fsp3) is 0.625. The summed E-state index contributed by atoms with van der Waals surface area (Å²) >= 11 is 0. The number of nitrogens with one attached hydrogen (secondary N) is 1. The van der Waals surface area contributed by atoms with E-state index in [0.717, 1.165) is 30.9 Å². The Morgan fingerprint density at radius 2 is 2.10 bits per heavy atom. The van der Waals surface area contributed by atoms with Gasteiger partial charge in [0.1, 0.15) is 12.4 Å². The minimum Gasteiger partial charge on any atom is -0.492 e. The molecule has 1 unspecified atom stereocenters. The zero-order chi connectivity index (χ0) is 15.0. The first-order valence-electron chi connectivity index (χ1n) is 7.21. The van der Waals surface area contributed by atoms with E-state index in [-0.39, 0.29) is 12.0 Å². The summed E-state index contributed by atoms with van der Waals surface area (Å²) in [4.78, 5) is 2.09. The average molecular weight is 280 g/mol. The molecule has 0 fully saturated rings. The van der Waals surface area contributed by atoms with Crippen molar-refractivity contribution in [1.29, 1.82) is 0 Å². The molecule has 0 amide bonds. The third-order valence-corrected chi connectivity index (χ3v) is 3.60. The van der Waals surface area contributed by atoms with Crippen molar-refractivity contribution in [3.8, 4) is 5.75 Å². The molecule has 1 aromatic rings. The molecular formula is C16H28N2O2. The summed E-state index contributed by atoms with van der Waals surface area (Å²) in [6, 6.07) is 7.97. The van der Waals surface area contributed by atoms with E-state index in [1.807, 2.05) is 38.4 Å². The minimum atomic E-state index is -0.0816. The van der Waals surface area contributed by atoms with Crippen LogP contribution < -0.4 is 10.1 Å². The van der Waals surface area contributed by atoms with Crippen LogP contribution in [0.4, 0.5) is 5.69 Å². The topological polar surface area (TPSA) is 44.7 Å². The number of ether oxygens (including phenoxy) is 1. The number of likely N-dealkylation sites (N-methyl/N-ethyl adjacent to an activating group) is 1. The maximum Gasteiger partial charge on any atom is 0.121 e. The lowest BCUT2D eigenvalue weighted by molar-refractivity contribution is 0.149. The van der Waals surface area contributed by atoms with Crippen molar-refractivity contribution < 1.29 is 9.84 Å². The van der Waals surface area contributed by atoms with Crippen molar-refractivity contribution in [3.63, 3.8) is 0 Å². The Bertz CT molecular complexity index is 390. The van der Waals surface area contributed by atoms with E-state index in [4.69, 9.17) is 4.74 Å². The zero-order valence-electron chi connectivity index (χ0n) is 13.1. The molecule has 0 bridgehead atoms. The first kappa shape index (κ1) is 16.8. The molecule has 0 saturated heterocycles. The number of rotatable bonds is 9. The quantitative estimate of drug-likeness (QED) is 0.729. The zero-order valence-corrected chi connectivity index (χ0v) is 13.1. The molecule has 0 aliphatic carbocycles. The monoisotopic (exact) mass is 280 g/mol. The predicted octanol–water partition coefficient (Wildman–Crippen LogP) is 2.45. The lowest BCUT2D eigenvalue weighted by Crippen LogP contribution is -2.29. The van der Waals surface area contributed by atoms with Gasteiger partial charge in [-0.1, -0.05) is 19.9 Å². The van der Waals surface area contributed by atoms with E-state index in [1.165, 1.54) is 0 Å². The number of aliphatic hydroxyl groups excluding tert-OH is 1. The molecule has 114 valence electrons. The van der Waals surface area contributed by atoms with Crippen molar-refractivity contribution in [1.82, 2.24) is 4.90 Å². The van der Waals surface area contributed by atoms with Crippen molar-refractivity contribution in [2.75, 3.05) is 45.7 Å². The van der Waals surface area contributed by atoms with Gasteiger partial charge in [0, 0.05) is 30.3 Å². The second-order valence-electron chi connectivity index (χ2n) is 5.86. The second-order valence-corrected chi connectivity index (χ2v) is 5.86. The molecule has 0 spiro atoms. The van der Waals surface area contributed by atoms with Gasteiger partial charge in [0.2, 0.25) is 0 Å². The molecule has 4 heteroatoms.